The molecule has 178 valence electrons. The number of rotatable bonds is 8. The molecule has 1 N–H and O–H groups in total. The van der Waals surface area contributed by atoms with Crippen LogP contribution < -0.4 is 14.5 Å². The van der Waals surface area contributed by atoms with Gasteiger partial charge in [0.2, 0.25) is 0 Å². The van der Waals surface area contributed by atoms with E-state index >= 15 is 0 Å². The summed E-state index contributed by atoms with van der Waals surface area (Å²) in [6.45, 7) is 1.24. The van der Waals surface area contributed by atoms with E-state index in [2.05, 4.69) is 10.5 Å². The number of halogens is 3. The molecule has 1 amide bonds. The van der Waals surface area contributed by atoms with Crippen LogP contribution in [0.15, 0.2) is 70.7 Å². The van der Waals surface area contributed by atoms with E-state index in [0.717, 1.165) is 9.87 Å². The van der Waals surface area contributed by atoms with Crippen molar-refractivity contribution in [2.75, 3.05) is 18.0 Å². The molecule has 0 saturated heterocycles. The Labute approximate surface area is 212 Å². The molecule has 11 heteroatoms. The zero-order valence-corrected chi connectivity index (χ0v) is 21.2. The second-order valence-corrected chi connectivity index (χ2v) is 10.2. The third kappa shape index (κ3) is 6.01. The van der Waals surface area contributed by atoms with Crippen LogP contribution >= 0.6 is 34.8 Å². The van der Waals surface area contributed by atoms with E-state index in [0.29, 0.717) is 15.6 Å². The van der Waals surface area contributed by atoms with E-state index in [4.69, 9.17) is 39.5 Å². The molecule has 0 unspecified atom stereocenters. The van der Waals surface area contributed by atoms with E-state index in [-0.39, 0.29) is 21.4 Å². The van der Waals surface area contributed by atoms with Gasteiger partial charge in [-0.05, 0) is 49.4 Å². The Morgan fingerprint density at radius 1 is 1.06 bits per heavy atom. The fourth-order valence-corrected chi connectivity index (χ4v) is 5.05. The van der Waals surface area contributed by atoms with Crippen LogP contribution in [0.5, 0.6) is 5.75 Å². The van der Waals surface area contributed by atoms with Crippen LogP contribution in [0, 0.1) is 6.92 Å². The van der Waals surface area contributed by atoms with Gasteiger partial charge in [0.05, 0.1) is 34.0 Å². The number of methoxy groups -OCH3 is 1. The average molecular weight is 541 g/mol. The Morgan fingerprint density at radius 3 is 2.32 bits per heavy atom. The van der Waals surface area contributed by atoms with Gasteiger partial charge in [0.1, 0.15) is 12.3 Å². The highest BCUT2D eigenvalue weighted by Crippen LogP contribution is 2.34. The molecule has 0 bridgehead atoms. The van der Waals surface area contributed by atoms with Crippen molar-refractivity contribution in [2.45, 2.75) is 11.8 Å². The number of benzene rings is 3. The fourth-order valence-electron chi connectivity index (χ4n) is 2.96. The van der Waals surface area contributed by atoms with Crippen molar-refractivity contribution in [3.8, 4) is 5.75 Å². The number of sulfonamides is 1. The molecular formula is C23H20Cl3N3O4S. The summed E-state index contributed by atoms with van der Waals surface area (Å²) < 4.78 is 33.3. The van der Waals surface area contributed by atoms with Gasteiger partial charge in [-0.3, -0.25) is 9.10 Å². The summed E-state index contributed by atoms with van der Waals surface area (Å²) in [7, 11) is -2.78. The van der Waals surface area contributed by atoms with Gasteiger partial charge in [0.15, 0.2) is 0 Å². The number of amides is 1. The molecule has 3 rings (SSSR count). The maximum atomic E-state index is 13.5. The molecule has 7 nitrogen and oxygen atoms in total. The molecule has 0 aliphatic carbocycles. The smallest absolute Gasteiger partial charge is 0.264 e. The van der Waals surface area contributed by atoms with Crippen molar-refractivity contribution < 1.29 is 17.9 Å². The summed E-state index contributed by atoms with van der Waals surface area (Å²) in [5, 5.41) is 4.82. The number of aryl methyl sites for hydroxylation is 1. The molecule has 0 radical (unpaired) electrons. The minimum Gasteiger partial charge on any atom is -0.495 e. The SMILES string of the molecule is COc1ccc(Cl)cc1N(CC(=O)N/N=C\c1c(Cl)cccc1Cl)S(=O)(=O)c1ccc(C)cc1. The fraction of sp³-hybridized carbons (Fsp3) is 0.130. The van der Waals surface area contributed by atoms with Crippen LogP contribution in [0.3, 0.4) is 0 Å². The highest BCUT2D eigenvalue weighted by molar-refractivity contribution is 7.92. The summed E-state index contributed by atoms with van der Waals surface area (Å²) in [6.07, 6.45) is 1.28. The van der Waals surface area contributed by atoms with Gasteiger partial charge in [-0.15, -0.1) is 0 Å². The number of carbonyl (C=O) groups is 1. The van der Waals surface area contributed by atoms with Crippen LogP contribution in [-0.2, 0) is 14.8 Å². The molecule has 3 aromatic rings. The van der Waals surface area contributed by atoms with Crippen molar-refractivity contribution in [1.29, 1.82) is 0 Å². The largest absolute Gasteiger partial charge is 0.495 e. The lowest BCUT2D eigenvalue weighted by atomic mass is 10.2. The van der Waals surface area contributed by atoms with E-state index in [1.165, 1.54) is 37.6 Å². The Bertz CT molecular complexity index is 1310. The molecule has 0 fully saturated rings. The van der Waals surface area contributed by atoms with E-state index < -0.39 is 22.5 Å². The topological polar surface area (TPSA) is 88.1 Å². The number of nitrogens with one attached hydrogen (secondary N) is 1. The van der Waals surface area contributed by atoms with Gasteiger partial charge >= 0.3 is 0 Å². The van der Waals surface area contributed by atoms with Crippen LogP contribution in [0.4, 0.5) is 5.69 Å². The summed E-state index contributed by atoms with van der Waals surface area (Å²) in [5.74, 6) is -0.489. The quantitative estimate of drug-likeness (QED) is 0.310. The second-order valence-electron chi connectivity index (χ2n) is 7.07. The monoisotopic (exact) mass is 539 g/mol. The Kier molecular flexibility index (Phi) is 8.43. The third-order valence-corrected chi connectivity index (χ3v) is 7.36. The van der Waals surface area contributed by atoms with E-state index in [1.807, 2.05) is 6.92 Å². The van der Waals surface area contributed by atoms with Gasteiger partial charge < -0.3 is 4.74 Å². The normalized spacial score (nSPS) is 11.4. The maximum Gasteiger partial charge on any atom is 0.264 e. The summed E-state index contributed by atoms with van der Waals surface area (Å²) in [6, 6.07) is 15.7. The zero-order chi connectivity index (χ0) is 24.9. The number of ether oxygens (including phenoxy) is 1. The Hall–Kier alpha value is -2.78. The predicted octanol–water partition coefficient (Wildman–Crippen LogP) is 5.31. The molecule has 0 aliphatic heterocycles. The molecule has 0 aliphatic rings. The summed E-state index contributed by atoms with van der Waals surface area (Å²) in [5.41, 5.74) is 3.70. The van der Waals surface area contributed by atoms with E-state index in [9.17, 15) is 13.2 Å². The number of hydrogen-bond acceptors (Lipinski definition) is 5. The summed E-state index contributed by atoms with van der Waals surface area (Å²) in [4.78, 5) is 12.7. The first kappa shape index (κ1) is 25.8. The Balaban J connectivity index is 1.94. The molecule has 0 atom stereocenters. The van der Waals surface area contributed by atoms with Crippen molar-refractivity contribution in [2.24, 2.45) is 5.10 Å². The number of nitrogens with zero attached hydrogens (tertiary/aromatic N) is 2. The first-order valence-electron chi connectivity index (χ1n) is 9.82. The van der Waals surface area contributed by atoms with Gasteiger partial charge in [-0.2, -0.15) is 5.10 Å². The first-order chi connectivity index (χ1) is 16.1. The van der Waals surface area contributed by atoms with Crippen molar-refractivity contribution in [1.82, 2.24) is 5.43 Å². The highest BCUT2D eigenvalue weighted by Gasteiger charge is 2.29. The van der Waals surface area contributed by atoms with Crippen molar-refractivity contribution >= 4 is 62.6 Å². The van der Waals surface area contributed by atoms with Crippen molar-refractivity contribution in [3.05, 3.63) is 86.9 Å². The van der Waals surface area contributed by atoms with Crippen LogP contribution in [-0.4, -0.2) is 34.2 Å². The van der Waals surface area contributed by atoms with Gasteiger partial charge in [0.25, 0.3) is 15.9 Å². The summed E-state index contributed by atoms with van der Waals surface area (Å²) >= 11 is 18.3. The minimum atomic E-state index is -4.17. The maximum absolute atomic E-state index is 13.5. The molecule has 0 heterocycles. The lowest BCUT2D eigenvalue weighted by molar-refractivity contribution is -0.119. The van der Waals surface area contributed by atoms with Crippen LogP contribution in [0.1, 0.15) is 11.1 Å². The predicted molar refractivity (Wildman–Crippen MR) is 136 cm³/mol. The van der Waals surface area contributed by atoms with Gasteiger partial charge in [0, 0.05) is 10.6 Å². The lowest BCUT2D eigenvalue weighted by Crippen LogP contribution is -2.39. The van der Waals surface area contributed by atoms with Crippen LogP contribution in [0.25, 0.3) is 0 Å². The minimum absolute atomic E-state index is 0.000668. The number of hydrazone groups is 1. The van der Waals surface area contributed by atoms with Gasteiger partial charge in [-0.1, -0.05) is 58.6 Å². The average Bonchev–Trinajstić information content (AvgIpc) is 2.79. The molecule has 3 aromatic carbocycles. The lowest BCUT2D eigenvalue weighted by Gasteiger charge is -2.25. The third-order valence-electron chi connectivity index (χ3n) is 4.69. The molecule has 0 saturated carbocycles. The molecule has 0 aromatic heterocycles. The number of anilines is 1. The zero-order valence-electron chi connectivity index (χ0n) is 18.1. The van der Waals surface area contributed by atoms with Crippen molar-refractivity contribution in [3.63, 3.8) is 0 Å². The molecule has 34 heavy (non-hydrogen) atoms. The number of hydrogen-bond donors (Lipinski definition) is 1. The van der Waals surface area contributed by atoms with Crippen LogP contribution in [0.2, 0.25) is 15.1 Å². The Morgan fingerprint density at radius 2 is 1.71 bits per heavy atom. The van der Waals surface area contributed by atoms with E-state index in [1.54, 1.807) is 36.4 Å². The molecular weight excluding hydrogens is 521 g/mol. The second kappa shape index (κ2) is 11.1. The number of carbonyl (C=O) groups excluding carboxylic acids is 1. The standard InChI is InChI=1S/C23H20Cl3N3O4S/c1-15-6-9-17(10-7-15)34(31,32)29(21-12-16(24)8-11-22(21)33-2)14-23(30)28-27-13-18-19(25)4-3-5-20(18)26/h3-13H,14H2,1-2H3,(H,28,30)/b27-13-. The first-order valence-corrected chi connectivity index (χ1v) is 12.4. The van der Waals surface area contributed by atoms with Gasteiger partial charge in [-0.25, -0.2) is 13.8 Å². The highest BCUT2D eigenvalue weighted by atomic mass is 35.5. The molecule has 0 spiro atoms.